The van der Waals surface area contributed by atoms with E-state index in [1.165, 1.54) is 23.4 Å². The van der Waals surface area contributed by atoms with Crippen molar-refractivity contribution in [3.8, 4) is 0 Å². The number of carbonyl (C=O) groups excluding carboxylic acids is 1. The average molecular weight is 410 g/mol. The molecule has 5 heteroatoms. The molecule has 29 heavy (non-hydrogen) atoms. The first-order valence-electron chi connectivity index (χ1n) is 10.1. The molecule has 1 N–H and O–H groups in total. The number of ketones is 1. The minimum atomic E-state index is -0.463. The van der Waals surface area contributed by atoms with Gasteiger partial charge < -0.3 is 9.88 Å². The molecule has 4 nitrogen and oxygen atoms in total. The van der Waals surface area contributed by atoms with Gasteiger partial charge in [0.15, 0.2) is 5.78 Å². The number of nitrogens with zero attached hydrogens (tertiary/aromatic N) is 2. The number of Topliss-reactive ketones (excluding diaryl/α,β-unsaturated/α-hetero) is 1. The molecule has 0 atom stereocenters. The number of benzene rings is 1. The molecular weight excluding hydrogens is 378 g/mol. The molecule has 1 saturated heterocycles. The van der Waals surface area contributed by atoms with Gasteiger partial charge in [0.25, 0.3) is 0 Å². The van der Waals surface area contributed by atoms with Crippen molar-refractivity contribution < 1.29 is 4.79 Å². The standard InChI is InChI=1S/C24H31N3OS/c1-7-21(26-22-16(2)25-15-20(22)23(28)24(3,4)5)17-12-18(14-19(13-17)29-6)27-10-8-9-11-27/h7,12-15,25H,1,8-11H2,2-6H3/b26-21+. The van der Waals surface area contributed by atoms with E-state index in [1.807, 2.05) is 27.7 Å². The molecule has 2 heterocycles. The van der Waals surface area contributed by atoms with Crippen LogP contribution in [0, 0.1) is 12.3 Å². The Morgan fingerprint density at radius 3 is 2.52 bits per heavy atom. The van der Waals surface area contributed by atoms with Crippen LogP contribution in [0.3, 0.4) is 0 Å². The number of carbonyl (C=O) groups is 1. The minimum Gasteiger partial charge on any atom is -0.371 e. The zero-order valence-corrected chi connectivity index (χ0v) is 18.9. The first-order valence-corrected chi connectivity index (χ1v) is 11.4. The number of rotatable bonds is 6. The van der Waals surface area contributed by atoms with Gasteiger partial charge >= 0.3 is 0 Å². The van der Waals surface area contributed by atoms with Crippen molar-refractivity contribution in [2.45, 2.75) is 45.4 Å². The molecule has 0 bridgehead atoms. The van der Waals surface area contributed by atoms with Crippen LogP contribution in [-0.4, -0.2) is 35.8 Å². The molecule has 1 fully saturated rings. The van der Waals surface area contributed by atoms with E-state index in [9.17, 15) is 4.79 Å². The van der Waals surface area contributed by atoms with Crippen molar-refractivity contribution in [3.05, 3.63) is 53.9 Å². The summed E-state index contributed by atoms with van der Waals surface area (Å²) in [6.07, 6.45) is 8.12. The molecule has 3 rings (SSSR count). The molecule has 0 amide bonds. The van der Waals surface area contributed by atoms with Crippen LogP contribution in [0.4, 0.5) is 11.4 Å². The van der Waals surface area contributed by atoms with Crippen LogP contribution in [0.1, 0.15) is 55.2 Å². The van der Waals surface area contributed by atoms with Crippen molar-refractivity contribution in [1.82, 2.24) is 4.98 Å². The second kappa shape index (κ2) is 8.62. The zero-order chi connectivity index (χ0) is 21.2. The second-order valence-corrected chi connectivity index (χ2v) is 9.45. The van der Waals surface area contributed by atoms with Crippen molar-refractivity contribution >= 4 is 34.6 Å². The van der Waals surface area contributed by atoms with E-state index < -0.39 is 5.41 Å². The molecule has 0 spiro atoms. The lowest BCUT2D eigenvalue weighted by molar-refractivity contribution is 0.0859. The summed E-state index contributed by atoms with van der Waals surface area (Å²) in [5, 5.41) is 0. The Bertz CT molecular complexity index is 944. The van der Waals surface area contributed by atoms with Crippen molar-refractivity contribution in [3.63, 3.8) is 0 Å². The van der Waals surface area contributed by atoms with Gasteiger partial charge in [0.05, 0.1) is 17.0 Å². The predicted molar refractivity (Wildman–Crippen MR) is 125 cm³/mol. The summed E-state index contributed by atoms with van der Waals surface area (Å²) < 4.78 is 0. The van der Waals surface area contributed by atoms with Crippen LogP contribution in [0.25, 0.3) is 0 Å². The second-order valence-electron chi connectivity index (χ2n) is 8.57. The molecule has 2 aromatic rings. The number of aliphatic imine (C=N–C) groups is 1. The fraction of sp³-hybridized carbons (Fsp3) is 0.417. The van der Waals surface area contributed by atoms with Crippen LogP contribution in [-0.2, 0) is 0 Å². The van der Waals surface area contributed by atoms with E-state index >= 15 is 0 Å². The first-order chi connectivity index (χ1) is 13.7. The largest absolute Gasteiger partial charge is 0.371 e. The van der Waals surface area contributed by atoms with Crippen molar-refractivity contribution in [2.24, 2.45) is 10.4 Å². The number of hydrogen-bond donors (Lipinski definition) is 1. The number of H-pyrrole nitrogens is 1. The number of nitrogens with one attached hydrogen (secondary N) is 1. The zero-order valence-electron chi connectivity index (χ0n) is 18.1. The van der Waals surface area contributed by atoms with E-state index in [0.717, 1.165) is 30.1 Å². The first kappa shape index (κ1) is 21.4. The Morgan fingerprint density at radius 2 is 1.93 bits per heavy atom. The third kappa shape index (κ3) is 4.67. The van der Waals surface area contributed by atoms with Gasteiger partial charge in [-0.15, -0.1) is 11.8 Å². The SMILES string of the molecule is C=C/C(=N\c1c(C(=O)C(C)(C)C)c[nH]c1C)c1cc(SC)cc(N2CCCC2)c1. The minimum absolute atomic E-state index is 0.0830. The molecular formula is C24H31N3OS. The molecule has 0 radical (unpaired) electrons. The summed E-state index contributed by atoms with van der Waals surface area (Å²) in [7, 11) is 0. The Hall–Kier alpha value is -2.27. The maximum absolute atomic E-state index is 12.9. The summed E-state index contributed by atoms with van der Waals surface area (Å²) in [5.74, 6) is 0.0830. The van der Waals surface area contributed by atoms with E-state index in [-0.39, 0.29) is 5.78 Å². The molecule has 1 aromatic heterocycles. The summed E-state index contributed by atoms with van der Waals surface area (Å²) in [4.78, 5) is 24.6. The highest BCUT2D eigenvalue weighted by atomic mass is 32.2. The molecule has 0 aliphatic carbocycles. The molecule has 0 unspecified atom stereocenters. The highest BCUT2D eigenvalue weighted by Gasteiger charge is 2.27. The Balaban J connectivity index is 2.08. The highest BCUT2D eigenvalue weighted by molar-refractivity contribution is 7.98. The van der Waals surface area contributed by atoms with Gasteiger partial charge in [0.2, 0.25) is 0 Å². The van der Waals surface area contributed by atoms with E-state index in [2.05, 4.69) is 40.9 Å². The van der Waals surface area contributed by atoms with Gasteiger partial charge in [-0.05, 0) is 50.3 Å². The van der Waals surface area contributed by atoms with Crippen LogP contribution < -0.4 is 4.90 Å². The van der Waals surface area contributed by atoms with Gasteiger partial charge in [-0.25, -0.2) is 4.99 Å². The van der Waals surface area contributed by atoms with E-state index in [4.69, 9.17) is 4.99 Å². The van der Waals surface area contributed by atoms with Crippen molar-refractivity contribution in [2.75, 3.05) is 24.2 Å². The van der Waals surface area contributed by atoms with E-state index in [0.29, 0.717) is 11.3 Å². The monoisotopic (exact) mass is 409 g/mol. The lowest BCUT2D eigenvalue weighted by atomic mass is 9.87. The molecule has 154 valence electrons. The number of anilines is 1. The van der Waals surface area contributed by atoms with Crippen molar-refractivity contribution in [1.29, 1.82) is 0 Å². The summed E-state index contributed by atoms with van der Waals surface area (Å²) >= 11 is 1.73. The molecule has 1 aliphatic heterocycles. The van der Waals surface area contributed by atoms with Gasteiger partial charge in [-0.1, -0.05) is 27.4 Å². The summed E-state index contributed by atoms with van der Waals surface area (Å²) in [6.45, 7) is 14.0. The van der Waals surface area contributed by atoms with E-state index in [1.54, 1.807) is 24.0 Å². The maximum atomic E-state index is 12.9. The highest BCUT2D eigenvalue weighted by Crippen LogP contribution is 2.32. The third-order valence-corrected chi connectivity index (χ3v) is 6.00. The van der Waals surface area contributed by atoms with Gasteiger partial charge in [-0.3, -0.25) is 4.79 Å². The topological polar surface area (TPSA) is 48.5 Å². The Labute approximate surface area is 178 Å². The lowest BCUT2D eigenvalue weighted by Gasteiger charge is -2.20. The smallest absolute Gasteiger partial charge is 0.171 e. The molecule has 1 aliphatic rings. The van der Waals surface area contributed by atoms with Gasteiger partial charge in [0, 0.05) is 46.5 Å². The number of thioether (sulfide) groups is 1. The number of allylic oxidation sites excluding steroid dienone is 1. The maximum Gasteiger partial charge on any atom is 0.171 e. The summed E-state index contributed by atoms with van der Waals surface area (Å²) in [6, 6.07) is 6.59. The summed E-state index contributed by atoms with van der Waals surface area (Å²) in [5.41, 5.74) is 4.81. The number of hydrogen-bond acceptors (Lipinski definition) is 4. The number of aryl methyl sites for hydroxylation is 1. The number of aromatic nitrogens is 1. The normalized spacial score (nSPS) is 15.1. The Morgan fingerprint density at radius 1 is 1.24 bits per heavy atom. The fourth-order valence-electron chi connectivity index (χ4n) is 3.60. The quantitative estimate of drug-likeness (QED) is 0.352. The third-order valence-electron chi connectivity index (χ3n) is 5.29. The van der Waals surface area contributed by atoms with Crippen LogP contribution in [0.5, 0.6) is 0 Å². The van der Waals surface area contributed by atoms with Crippen LogP contribution in [0.2, 0.25) is 0 Å². The average Bonchev–Trinajstić information content (AvgIpc) is 3.34. The van der Waals surface area contributed by atoms with Gasteiger partial charge in [-0.2, -0.15) is 0 Å². The number of aromatic amines is 1. The van der Waals surface area contributed by atoms with Crippen LogP contribution >= 0.6 is 11.8 Å². The van der Waals surface area contributed by atoms with Gasteiger partial charge in [0.1, 0.15) is 0 Å². The lowest BCUT2D eigenvalue weighted by Crippen LogP contribution is -2.19. The molecule has 1 aromatic carbocycles. The van der Waals surface area contributed by atoms with Crippen LogP contribution in [0.15, 0.2) is 46.9 Å². The fourth-order valence-corrected chi connectivity index (χ4v) is 4.08. The Kier molecular flexibility index (Phi) is 6.37. The molecule has 0 saturated carbocycles. The predicted octanol–water partition coefficient (Wildman–Crippen LogP) is 6.18.